The van der Waals surface area contributed by atoms with E-state index in [9.17, 15) is 14.7 Å². The average Bonchev–Trinajstić information content (AvgIpc) is 2.13. The van der Waals surface area contributed by atoms with Crippen molar-refractivity contribution in [1.82, 2.24) is 0 Å². The van der Waals surface area contributed by atoms with Gasteiger partial charge in [-0.05, 0) is 0 Å². The number of hydrogen-bond donors (Lipinski definition) is 3. The predicted molar refractivity (Wildman–Crippen MR) is 78.5 cm³/mol. The molecule has 106 valence electrons. The molecule has 3 N–H and O–H groups in total. The van der Waals surface area contributed by atoms with Crippen LogP contribution < -0.4 is 0 Å². The second kappa shape index (κ2) is 4.42. The monoisotopic (exact) mass is 274 g/mol. The van der Waals surface area contributed by atoms with Crippen LogP contribution in [0.1, 0.15) is 48.0 Å². The van der Waals surface area contributed by atoms with E-state index in [1.54, 1.807) is 6.08 Å². The maximum absolute atomic E-state index is 9.89. The van der Waals surface area contributed by atoms with Gasteiger partial charge in [0.15, 0.2) is 0 Å². The summed E-state index contributed by atoms with van der Waals surface area (Å²) < 4.78 is 0. The second-order valence-electron chi connectivity index (χ2n) is 7.30. The summed E-state index contributed by atoms with van der Waals surface area (Å²) in [4.78, 5) is 29.7. The predicted octanol–water partition coefficient (Wildman–Crippen LogP) is 3.18. The summed E-state index contributed by atoms with van der Waals surface area (Å²) in [7, 11) is -4.26. The summed E-state index contributed by atoms with van der Waals surface area (Å²) in [5, 5.41) is -0.950. The van der Waals surface area contributed by atoms with E-state index in [0.717, 1.165) is 0 Å². The Kier molecular flexibility index (Phi) is 3.89. The molecule has 1 aliphatic carbocycles. The summed E-state index contributed by atoms with van der Waals surface area (Å²) >= 11 is 0. The third-order valence-electron chi connectivity index (χ3n) is 3.99. The number of rotatable bonds is 1. The van der Waals surface area contributed by atoms with Crippen molar-refractivity contribution in [2.75, 3.05) is 0 Å². The van der Waals surface area contributed by atoms with Crippen LogP contribution in [0.5, 0.6) is 0 Å². The summed E-state index contributed by atoms with van der Waals surface area (Å²) in [6.07, 6.45) is 6.23. The van der Waals surface area contributed by atoms with E-state index in [2.05, 4.69) is 20.8 Å². The zero-order valence-electron chi connectivity index (χ0n) is 12.3. The molecule has 3 nitrogen and oxygen atoms in total. The minimum absolute atomic E-state index is 0.0329. The standard InChI is InChI=1S/C14H27O3P/c1-12(2,3)11-7-9-14(10-8-11,13(4,5)6)18(15,16)17/h7-9,15-18H,10H2,1-6H3. The van der Waals surface area contributed by atoms with Gasteiger partial charge in [-0.1, -0.05) is 0 Å². The van der Waals surface area contributed by atoms with Gasteiger partial charge >= 0.3 is 110 Å². The normalized spacial score (nSPS) is 27.1. The van der Waals surface area contributed by atoms with Crippen LogP contribution in [0, 0.1) is 10.8 Å². The van der Waals surface area contributed by atoms with Crippen molar-refractivity contribution in [2.45, 2.75) is 53.1 Å². The number of allylic oxidation sites excluding steroid dienone is 4. The van der Waals surface area contributed by atoms with E-state index in [-0.39, 0.29) is 5.41 Å². The third kappa shape index (κ3) is 2.70. The van der Waals surface area contributed by atoms with Gasteiger partial charge < -0.3 is 0 Å². The van der Waals surface area contributed by atoms with Gasteiger partial charge in [-0.25, -0.2) is 0 Å². The average molecular weight is 274 g/mol. The molecule has 0 bridgehead atoms. The van der Waals surface area contributed by atoms with Crippen LogP contribution in [0.2, 0.25) is 0 Å². The molecule has 4 heteroatoms. The maximum atomic E-state index is 9.89. The Morgan fingerprint density at radius 3 is 1.78 bits per heavy atom. The molecule has 0 aliphatic heterocycles. The van der Waals surface area contributed by atoms with Crippen molar-refractivity contribution in [3.05, 3.63) is 23.8 Å². The van der Waals surface area contributed by atoms with Crippen LogP contribution in [0.3, 0.4) is 0 Å². The molecule has 1 unspecified atom stereocenters. The van der Waals surface area contributed by atoms with E-state index >= 15 is 0 Å². The zero-order valence-corrected chi connectivity index (χ0v) is 13.3. The molecule has 0 aromatic heterocycles. The topological polar surface area (TPSA) is 60.7 Å². The van der Waals surface area contributed by atoms with Crippen molar-refractivity contribution in [3.8, 4) is 0 Å². The van der Waals surface area contributed by atoms with E-state index in [0.29, 0.717) is 6.42 Å². The summed E-state index contributed by atoms with van der Waals surface area (Å²) in [5.74, 6) is 0. The number of hydrogen-bond acceptors (Lipinski definition) is 3. The molecular formula is C14H27O3P. The molecule has 1 atom stereocenters. The quantitative estimate of drug-likeness (QED) is 0.644. The molecular weight excluding hydrogens is 247 g/mol. The Balaban J connectivity index is 3.19. The molecule has 0 heterocycles. The van der Waals surface area contributed by atoms with Crippen molar-refractivity contribution in [2.24, 2.45) is 10.8 Å². The van der Waals surface area contributed by atoms with Crippen molar-refractivity contribution in [3.63, 3.8) is 0 Å². The van der Waals surface area contributed by atoms with Gasteiger partial charge in [-0.2, -0.15) is 0 Å². The first-order valence-electron chi connectivity index (χ1n) is 6.38. The Morgan fingerprint density at radius 1 is 1.06 bits per heavy atom. The molecule has 0 radical (unpaired) electrons. The van der Waals surface area contributed by atoms with Gasteiger partial charge in [0.25, 0.3) is 0 Å². The first-order chi connectivity index (χ1) is 7.81. The van der Waals surface area contributed by atoms with E-state index in [1.807, 2.05) is 32.9 Å². The van der Waals surface area contributed by atoms with Crippen molar-refractivity contribution < 1.29 is 14.7 Å². The molecule has 0 saturated carbocycles. The molecule has 0 fully saturated rings. The van der Waals surface area contributed by atoms with Gasteiger partial charge in [-0.3, -0.25) is 0 Å². The Hall–Kier alpha value is -0.210. The summed E-state index contributed by atoms with van der Waals surface area (Å²) in [5.41, 5.74) is 0.791. The van der Waals surface area contributed by atoms with Gasteiger partial charge in [0, 0.05) is 0 Å². The fourth-order valence-corrected chi connectivity index (χ4v) is 4.19. The van der Waals surface area contributed by atoms with Crippen LogP contribution in [0.25, 0.3) is 0 Å². The Bertz CT molecular complexity index is 361. The molecule has 0 spiro atoms. The molecule has 18 heavy (non-hydrogen) atoms. The second-order valence-corrected chi connectivity index (χ2v) is 9.47. The van der Waals surface area contributed by atoms with E-state index in [4.69, 9.17) is 0 Å². The molecule has 0 saturated heterocycles. The fraction of sp³-hybridized carbons (Fsp3) is 0.714. The van der Waals surface area contributed by atoms with E-state index < -0.39 is 18.5 Å². The van der Waals surface area contributed by atoms with Crippen LogP contribution in [0.15, 0.2) is 23.8 Å². The van der Waals surface area contributed by atoms with Crippen LogP contribution in [0.4, 0.5) is 0 Å². The molecule has 0 aromatic rings. The van der Waals surface area contributed by atoms with Gasteiger partial charge in [0.2, 0.25) is 0 Å². The minimum atomic E-state index is -4.26. The first kappa shape index (κ1) is 15.8. The fourth-order valence-electron chi connectivity index (χ4n) is 2.50. The Morgan fingerprint density at radius 2 is 1.56 bits per heavy atom. The SMILES string of the molecule is CC(C)(C)C1=CCC(C(C)(C)C)([PH](O)(O)O)C=C1. The van der Waals surface area contributed by atoms with Crippen molar-refractivity contribution >= 4 is 7.94 Å². The summed E-state index contributed by atoms with van der Waals surface area (Å²) in [6.45, 7) is 12.1. The summed E-state index contributed by atoms with van der Waals surface area (Å²) in [6, 6.07) is 0. The Labute approximate surface area is 111 Å². The molecule has 0 aromatic carbocycles. The third-order valence-corrected chi connectivity index (χ3v) is 6.31. The zero-order chi connectivity index (χ0) is 14.4. The molecule has 1 aliphatic rings. The van der Waals surface area contributed by atoms with Crippen LogP contribution in [-0.4, -0.2) is 19.8 Å². The van der Waals surface area contributed by atoms with Crippen LogP contribution in [-0.2, 0) is 0 Å². The first-order valence-corrected chi connectivity index (χ1v) is 8.22. The van der Waals surface area contributed by atoms with Crippen molar-refractivity contribution in [1.29, 1.82) is 0 Å². The van der Waals surface area contributed by atoms with Gasteiger partial charge in [0.1, 0.15) is 0 Å². The van der Waals surface area contributed by atoms with Gasteiger partial charge in [0.05, 0.1) is 0 Å². The van der Waals surface area contributed by atoms with E-state index in [1.165, 1.54) is 5.57 Å². The molecule has 0 amide bonds. The molecule has 1 rings (SSSR count). The van der Waals surface area contributed by atoms with Gasteiger partial charge in [-0.15, -0.1) is 0 Å². The van der Waals surface area contributed by atoms with Crippen LogP contribution >= 0.6 is 7.94 Å².